The van der Waals surface area contributed by atoms with Gasteiger partial charge in [-0.15, -0.1) is 0 Å². The van der Waals surface area contributed by atoms with E-state index in [2.05, 4.69) is 48.7 Å². The molecule has 0 atom stereocenters. The van der Waals surface area contributed by atoms with Gasteiger partial charge in [0.05, 0.1) is 11.4 Å². The van der Waals surface area contributed by atoms with Crippen molar-refractivity contribution in [3.63, 3.8) is 0 Å². The highest BCUT2D eigenvalue weighted by Gasteiger charge is 2.16. The second kappa shape index (κ2) is 7.14. The zero-order valence-corrected chi connectivity index (χ0v) is 16.6. The first kappa shape index (κ1) is 18.0. The molecule has 0 fully saturated rings. The molecule has 0 aliphatic carbocycles. The number of H-pyrrole nitrogens is 2. The van der Waals surface area contributed by atoms with Crippen LogP contribution < -0.4 is 5.32 Å². The van der Waals surface area contributed by atoms with Crippen LogP contribution in [0.5, 0.6) is 0 Å². The molecule has 6 nitrogen and oxygen atoms in total. The summed E-state index contributed by atoms with van der Waals surface area (Å²) in [5.74, 6) is -0.250. The van der Waals surface area contributed by atoms with Crippen LogP contribution in [-0.4, -0.2) is 38.2 Å². The molecule has 0 amide bonds. The Bertz CT molecular complexity index is 1440. The number of benzene rings is 1. The Kier molecular flexibility index (Phi) is 4.14. The highest BCUT2D eigenvalue weighted by atomic mass is 19.1. The molecule has 0 saturated heterocycles. The Labute approximate surface area is 177 Å². The molecule has 1 aliphatic rings. The van der Waals surface area contributed by atoms with E-state index in [1.165, 1.54) is 17.7 Å². The van der Waals surface area contributed by atoms with Crippen molar-refractivity contribution in [1.29, 1.82) is 0 Å². The van der Waals surface area contributed by atoms with E-state index in [1.54, 1.807) is 18.3 Å². The molecule has 4 aromatic heterocycles. The van der Waals surface area contributed by atoms with Gasteiger partial charge in [-0.3, -0.25) is 5.10 Å². The van der Waals surface area contributed by atoms with E-state index in [4.69, 9.17) is 0 Å². The largest absolute Gasteiger partial charge is 0.338 e. The van der Waals surface area contributed by atoms with Crippen LogP contribution in [0.4, 0.5) is 4.39 Å². The van der Waals surface area contributed by atoms with Gasteiger partial charge in [0.15, 0.2) is 5.65 Å². The van der Waals surface area contributed by atoms with Gasteiger partial charge >= 0.3 is 0 Å². The van der Waals surface area contributed by atoms with Gasteiger partial charge in [0.2, 0.25) is 0 Å². The third-order valence-electron chi connectivity index (χ3n) is 5.80. The van der Waals surface area contributed by atoms with E-state index >= 15 is 0 Å². The van der Waals surface area contributed by atoms with Crippen LogP contribution in [0.2, 0.25) is 0 Å². The van der Waals surface area contributed by atoms with Crippen molar-refractivity contribution < 1.29 is 4.39 Å². The molecule has 0 bridgehead atoms. The van der Waals surface area contributed by atoms with E-state index in [0.717, 1.165) is 64.0 Å². The molecule has 0 saturated carbocycles. The van der Waals surface area contributed by atoms with Crippen LogP contribution >= 0.6 is 0 Å². The monoisotopic (exact) mass is 410 g/mol. The maximum atomic E-state index is 13.4. The van der Waals surface area contributed by atoms with Crippen molar-refractivity contribution in [2.24, 2.45) is 0 Å². The maximum absolute atomic E-state index is 13.4. The summed E-state index contributed by atoms with van der Waals surface area (Å²) in [6.45, 7) is 1.85. The summed E-state index contributed by atoms with van der Waals surface area (Å²) >= 11 is 0. The minimum Gasteiger partial charge on any atom is -0.338 e. The van der Waals surface area contributed by atoms with E-state index < -0.39 is 0 Å². The number of rotatable bonds is 3. The number of pyridine rings is 2. The standard InChI is InChI=1S/C24H19FN6/c25-17-3-1-15(2-4-17)18-7-10-27-23-19(18)12-21(29-23)22-20-11-16(13-28-24(20)31-30-22)14-5-8-26-9-6-14/h1-5,7,10-13,26H,6,8-9H2,(H,27,29)(H,28,30,31). The Balaban J connectivity index is 1.48. The van der Waals surface area contributed by atoms with Gasteiger partial charge in [0.1, 0.15) is 11.5 Å². The molecular weight excluding hydrogens is 391 g/mol. The van der Waals surface area contributed by atoms with E-state index in [0.29, 0.717) is 5.65 Å². The first-order valence-corrected chi connectivity index (χ1v) is 10.2. The molecule has 6 rings (SSSR count). The van der Waals surface area contributed by atoms with Crippen molar-refractivity contribution in [2.75, 3.05) is 13.1 Å². The zero-order valence-electron chi connectivity index (χ0n) is 16.6. The van der Waals surface area contributed by atoms with Gasteiger partial charge in [-0.05, 0) is 65.6 Å². The first-order valence-electron chi connectivity index (χ1n) is 10.2. The molecule has 5 aromatic rings. The highest BCUT2D eigenvalue weighted by Crippen LogP contribution is 2.33. The fourth-order valence-corrected chi connectivity index (χ4v) is 4.21. The lowest BCUT2D eigenvalue weighted by atomic mass is 10.0. The third kappa shape index (κ3) is 3.10. The topological polar surface area (TPSA) is 82.3 Å². The van der Waals surface area contributed by atoms with Gasteiger partial charge in [0.25, 0.3) is 0 Å². The van der Waals surface area contributed by atoms with Gasteiger partial charge in [0, 0.05) is 29.7 Å². The lowest BCUT2D eigenvalue weighted by molar-refractivity contribution is 0.628. The highest BCUT2D eigenvalue weighted by molar-refractivity contribution is 5.99. The van der Waals surface area contributed by atoms with Gasteiger partial charge in [-0.25, -0.2) is 14.4 Å². The summed E-state index contributed by atoms with van der Waals surface area (Å²) in [5.41, 5.74) is 7.57. The molecule has 0 unspecified atom stereocenters. The van der Waals surface area contributed by atoms with Crippen molar-refractivity contribution in [1.82, 2.24) is 30.5 Å². The quantitative estimate of drug-likeness (QED) is 0.403. The molecule has 1 aliphatic heterocycles. The smallest absolute Gasteiger partial charge is 0.181 e. The van der Waals surface area contributed by atoms with Crippen LogP contribution in [0.25, 0.3) is 50.2 Å². The molecule has 0 radical (unpaired) electrons. The zero-order chi connectivity index (χ0) is 20.8. The molecule has 152 valence electrons. The second-order valence-electron chi connectivity index (χ2n) is 7.69. The average Bonchev–Trinajstić information content (AvgIpc) is 3.43. The van der Waals surface area contributed by atoms with E-state index in [1.807, 2.05) is 12.3 Å². The predicted molar refractivity (Wildman–Crippen MR) is 120 cm³/mol. The minimum atomic E-state index is -0.250. The number of nitrogens with one attached hydrogen (secondary N) is 3. The van der Waals surface area contributed by atoms with Gasteiger partial charge in [-0.2, -0.15) is 5.10 Å². The fourth-order valence-electron chi connectivity index (χ4n) is 4.21. The maximum Gasteiger partial charge on any atom is 0.181 e. The minimum absolute atomic E-state index is 0.250. The SMILES string of the molecule is Fc1ccc(-c2ccnc3[nH]c(-c4[nH]nc5ncc(C6=CCNCC6)cc45)cc23)cc1. The molecule has 31 heavy (non-hydrogen) atoms. The summed E-state index contributed by atoms with van der Waals surface area (Å²) in [5, 5.41) is 12.8. The Morgan fingerprint density at radius 1 is 0.935 bits per heavy atom. The lowest BCUT2D eigenvalue weighted by Crippen LogP contribution is -2.20. The van der Waals surface area contributed by atoms with Crippen molar-refractivity contribution in [3.8, 4) is 22.5 Å². The van der Waals surface area contributed by atoms with Crippen molar-refractivity contribution >= 4 is 27.6 Å². The lowest BCUT2D eigenvalue weighted by Gasteiger charge is -2.13. The molecule has 7 heteroatoms. The molecular formula is C24H19FN6. The summed E-state index contributed by atoms with van der Waals surface area (Å²) in [7, 11) is 0. The van der Waals surface area contributed by atoms with Crippen LogP contribution in [0.1, 0.15) is 12.0 Å². The van der Waals surface area contributed by atoms with Gasteiger partial charge in [-0.1, -0.05) is 18.2 Å². The number of hydrogen-bond donors (Lipinski definition) is 3. The predicted octanol–water partition coefficient (Wildman–Crippen LogP) is 4.68. The molecule has 5 heterocycles. The number of nitrogens with zero attached hydrogens (tertiary/aromatic N) is 3. The second-order valence-corrected chi connectivity index (χ2v) is 7.69. The van der Waals surface area contributed by atoms with Gasteiger partial charge < -0.3 is 10.3 Å². The van der Waals surface area contributed by atoms with Crippen LogP contribution in [0, 0.1) is 5.82 Å². The first-order chi connectivity index (χ1) is 15.3. The Morgan fingerprint density at radius 3 is 2.68 bits per heavy atom. The number of aromatic nitrogens is 5. The average molecular weight is 410 g/mol. The number of aromatic amines is 2. The fraction of sp³-hybridized carbons (Fsp3) is 0.125. The molecule has 3 N–H and O–H groups in total. The number of fused-ring (bicyclic) bond motifs is 2. The van der Waals surface area contributed by atoms with E-state index in [-0.39, 0.29) is 5.82 Å². The molecule has 0 spiro atoms. The van der Waals surface area contributed by atoms with Crippen molar-refractivity contribution in [2.45, 2.75) is 6.42 Å². The van der Waals surface area contributed by atoms with Crippen LogP contribution in [0.15, 0.2) is 60.9 Å². The number of halogens is 1. The van der Waals surface area contributed by atoms with E-state index in [9.17, 15) is 4.39 Å². The van der Waals surface area contributed by atoms with Crippen LogP contribution in [-0.2, 0) is 0 Å². The van der Waals surface area contributed by atoms with Crippen molar-refractivity contribution in [3.05, 3.63) is 72.3 Å². The Hall–Kier alpha value is -3.84. The third-order valence-corrected chi connectivity index (χ3v) is 5.80. The normalized spacial score (nSPS) is 14.3. The van der Waals surface area contributed by atoms with Crippen LogP contribution in [0.3, 0.4) is 0 Å². The summed E-state index contributed by atoms with van der Waals surface area (Å²) in [6.07, 6.45) is 6.85. The molecule has 1 aromatic carbocycles. The summed E-state index contributed by atoms with van der Waals surface area (Å²) in [4.78, 5) is 12.5. The summed E-state index contributed by atoms with van der Waals surface area (Å²) in [6, 6.07) is 12.7. The summed E-state index contributed by atoms with van der Waals surface area (Å²) < 4.78 is 13.4. The Morgan fingerprint density at radius 2 is 1.84 bits per heavy atom. The number of hydrogen-bond acceptors (Lipinski definition) is 4.